The molecule has 1 aliphatic rings. The molecular formula is C24H34NO3P. The molecule has 0 bridgehead atoms. The van der Waals surface area contributed by atoms with Gasteiger partial charge in [-0.15, -0.1) is 0 Å². The summed E-state index contributed by atoms with van der Waals surface area (Å²) in [4.78, 5) is 2.58. The van der Waals surface area contributed by atoms with Crippen molar-refractivity contribution in [1.29, 1.82) is 0 Å². The molecule has 0 aromatic heterocycles. The van der Waals surface area contributed by atoms with Crippen molar-refractivity contribution in [3.05, 3.63) is 47.5 Å². The normalized spacial score (nSPS) is 15.7. The number of methoxy groups -OCH3 is 2. The van der Waals surface area contributed by atoms with Crippen LogP contribution in [-0.4, -0.2) is 34.1 Å². The third kappa shape index (κ3) is 5.65. The molecule has 3 rings (SSSR count). The van der Waals surface area contributed by atoms with E-state index in [0.717, 1.165) is 17.9 Å². The lowest BCUT2D eigenvalue weighted by Gasteiger charge is -2.32. The topological polar surface area (TPSA) is 30.9 Å². The first-order valence-corrected chi connectivity index (χ1v) is 11.7. The van der Waals surface area contributed by atoms with Crippen LogP contribution < -0.4 is 19.7 Å². The van der Waals surface area contributed by atoms with Crippen LogP contribution in [0.1, 0.15) is 49.4 Å². The summed E-state index contributed by atoms with van der Waals surface area (Å²) < 4.78 is 16.5. The van der Waals surface area contributed by atoms with Gasteiger partial charge in [0.15, 0.2) is 6.79 Å². The molecule has 0 saturated carbocycles. The van der Waals surface area contributed by atoms with Gasteiger partial charge in [0.1, 0.15) is 11.5 Å². The molecule has 0 N–H and O–H groups in total. The predicted molar refractivity (Wildman–Crippen MR) is 124 cm³/mol. The number of ether oxygens (including phenoxy) is 3. The van der Waals surface area contributed by atoms with E-state index >= 15 is 0 Å². The maximum Gasteiger partial charge on any atom is 0.188 e. The van der Waals surface area contributed by atoms with Crippen LogP contribution in [0.5, 0.6) is 11.5 Å². The molecule has 2 unspecified atom stereocenters. The Morgan fingerprint density at radius 3 is 2.52 bits per heavy atom. The smallest absolute Gasteiger partial charge is 0.188 e. The summed E-state index contributed by atoms with van der Waals surface area (Å²) in [5.41, 5.74) is 4.33. The molecule has 0 radical (unpaired) electrons. The fraction of sp³-hybridized carbons (Fsp3) is 0.500. The van der Waals surface area contributed by atoms with Crippen molar-refractivity contribution in [3.8, 4) is 11.5 Å². The molecule has 0 amide bonds. The summed E-state index contributed by atoms with van der Waals surface area (Å²) in [6.07, 6.45) is 4.97. The van der Waals surface area contributed by atoms with E-state index in [0.29, 0.717) is 14.2 Å². The first-order valence-electron chi connectivity index (χ1n) is 10.6. The number of benzene rings is 2. The Morgan fingerprint density at radius 1 is 1.03 bits per heavy atom. The zero-order chi connectivity index (χ0) is 20.6. The van der Waals surface area contributed by atoms with Crippen molar-refractivity contribution in [1.82, 2.24) is 0 Å². The molecule has 2 atom stereocenters. The zero-order valence-corrected chi connectivity index (χ0v) is 19.2. The van der Waals surface area contributed by atoms with Crippen LogP contribution >= 0.6 is 8.58 Å². The Hall–Kier alpha value is -1.77. The van der Waals surface area contributed by atoms with Gasteiger partial charge in [-0.25, -0.2) is 0 Å². The third-order valence-electron chi connectivity index (χ3n) is 5.51. The maximum absolute atomic E-state index is 5.89. The van der Waals surface area contributed by atoms with E-state index in [1.807, 2.05) is 12.1 Å². The highest BCUT2D eigenvalue weighted by atomic mass is 31.1. The molecule has 1 aliphatic heterocycles. The number of nitrogens with zero attached hydrogens (tertiary/aromatic N) is 1. The van der Waals surface area contributed by atoms with Crippen LogP contribution in [0.25, 0.3) is 0 Å². The third-order valence-corrected chi connectivity index (χ3v) is 7.31. The van der Waals surface area contributed by atoms with E-state index in [9.17, 15) is 0 Å². The quantitative estimate of drug-likeness (QED) is 0.404. The summed E-state index contributed by atoms with van der Waals surface area (Å²) in [7, 11) is 4.04. The lowest BCUT2D eigenvalue weighted by atomic mass is 10.1. The number of hydrogen-bond donors (Lipinski definition) is 0. The minimum absolute atomic E-state index is 0.252. The number of piperidine rings is 1. The fourth-order valence-corrected chi connectivity index (χ4v) is 5.45. The van der Waals surface area contributed by atoms with Gasteiger partial charge in [-0.05, 0) is 67.7 Å². The highest BCUT2D eigenvalue weighted by Gasteiger charge is 2.21. The largest absolute Gasteiger partial charge is 0.497 e. The Labute approximate surface area is 177 Å². The van der Waals surface area contributed by atoms with Crippen LogP contribution in [0.4, 0.5) is 5.69 Å². The predicted octanol–water partition coefficient (Wildman–Crippen LogP) is 5.43. The average Bonchev–Trinajstić information content (AvgIpc) is 2.77. The molecule has 2 aromatic rings. The standard InChI is InChI=1S/C24H34NO3P/c1-5-23(20-16-19(27-4)10-11-22(20)28-17-26-3)29-24-12-9-18(2)15-21(24)25-13-7-6-8-14-25/h9-12,15-16,23,29H,5-8,13-14,17H2,1-4H3. The van der Waals surface area contributed by atoms with Crippen molar-refractivity contribution in [2.45, 2.75) is 45.2 Å². The van der Waals surface area contributed by atoms with E-state index in [-0.39, 0.29) is 6.79 Å². The molecular weight excluding hydrogens is 381 g/mol. The van der Waals surface area contributed by atoms with E-state index < -0.39 is 0 Å². The second kappa shape index (κ2) is 10.8. The van der Waals surface area contributed by atoms with Crippen molar-refractivity contribution in [3.63, 3.8) is 0 Å². The van der Waals surface area contributed by atoms with Crippen molar-refractivity contribution < 1.29 is 14.2 Å². The number of aryl methyl sites for hydroxylation is 1. The Kier molecular flexibility index (Phi) is 8.20. The Bertz CT molecular complexity index is 790. The molecule has 1 heterocycles. The zero-order valence-electron chi connectivity index (χ0n) is 18.2. The molecule has 0 spiro atoms. The van der Waals surface area contributed by atoms with Gasteiger partial charge in [-0.1, -0.05) is 27.6 Å². The minimum atomic E-state index is 0.252. The van der Waals surface area contributed by atoms with Gasteiger partial charge >= 0.3 is 0 Å². The second-order valence-corrected chi connectivity index (χ2v) is 9.15. The lowest BCUT2D eigenvalue weighted by Crippen LogP contribution is -2.32. The summed E-state index contributed by atoms with van der Waals surface area (Å²) >= 11 is 0. The molecule has 1 fully saturated rings. The van der Waals surface area contributed by atoms with Gasteiger partial charge in [0.2, 0.25) is 0 Å². The molecule has 4 nitrogen and oxygen atoms in total. The SMILES string of the molecule is CCC(Pc1ccc(C)cc1N1CCCCC1)c1cc(OC)ccc1OCOC. The van der Waals surface area contributed by atoms with Crippen LogP contribution in [0, 0.1) is 6.92 Å². The Morgan fingerprint density at radius 2 is 1.83 bits per heavy atom. The maximum atomic E-state index is 5.89. The molecule has 0 aliphatic carbocycles. The molecule has 1 saturated heterocycles. The minimum Gasteiger partial charge on any atom is -0.497 e. The number of hydrogen-bond acceptors (Lipinski definition) is 4. The van der Waals surface area contributed by atoms with Gasteiger partial charge in [0, 0.05) is 37.1 Å². The lowest BCUT2D eigenvalue weighted by molar-refractivity contribution is 0.0503. The van der Waals surface area contributed by atoms with Gasteiger partial charge in [0.05, 0.1) is 7.11 Å². The van der Waals surface area contributed by atoms with E-state index in [1.165, 1.54) is 54.5 Å². The van der Waals surface area contributed by atoms with Crippen LogP contribution in [-0.2, 0) is 4.74 Å². The van der Waals surface area contributed by atoms with Gasteiger partial charge < -0.3 is 19.1 Å². The second-order valence-electron chi connectivity index (χ2n) is 7.63. The summed E-state index contributed by atoms with van der Waals surface area (Å²) in [5, 5.41) is 1.45. The van der Waals surface area contributed by atoms with E-state index in [4.69, 9.17) is 14.2 Å². The van der Waals surface area contributed by atoms with Crippen molar-refractivity contribution in [2.24, 2.45) is 0 Å². The van der Waals surface area contributed by atoms with E-state index in [1.54, 1.807) is 14.2 Å². The summed E-state index contributed by atoms with van der Waals surface area (Å²) in [6.45, 7) is 7.03. The summed E-state index contributed by atoms with van der Waals surface area (Å²) in [6, 6.07) is 13.0. The summed E-state index contributed by atoms with van der Waals surface area (Å²) in [5.74, 6) is 1.76. The van der Waals surface area contributed by atoms with Gasteiger partial charge in [0.25, 0.3) is 0 Å². The number of rotatable bonds is 9. The highest BCUT2D eigenvalue weighted by molar-refractivity contribution is 7.48. The van der Waals surface area contributed by atoms with Gasteiger partial charge in [-0.2, -0.15) is 0 Å². The van der Waals surface area contributed by atoms with E-state index in [2.05, 4.69) is 43.0 Å². The average molecular weight is 416 g/mol. The first kappa shape index (κ1) is 21.9. The molecule has 158 valence electrons. The van der Waals surface area contributed by atoms with Crippen molar-refractivity contribution in [2.75, 3.05) is 39.0 Å². The first-order chi connectivity index (χ1) is 14.2. The van der Waals surface area contributed by atoms with Gasteiger partial charge in [-0.3, -0.25) is 0 Å². The molecule has 5 heteroatoms. The van der Waals surface area contributed by atoms with Crippen molar-refractivity contribution >= 4 is 19.6 Å². The fourth-order valence-electron chi connectivity index (χ4n) is 3.93. The Balaban J connectivity index is 1.92. The van der Waals surface area contributed by atoms with Crippen LogP contribution in [0.3, 0.4) is 0 Å². The molecule has 2 aromatic carbocycles. The highest BCUT2D eigenvalue weighted by Crippen LogP contribution is 2.44. The monoisotopic (exact) mass is 415 g/mol. The van der Waals surface area contributed by atoms with Crippen LogP contribution in [0.15, 0.2) is 36.4 Å². The molecule has 29 heavy (non-hydrogen) atoms. The number of anilines is 1. The van der Waals surface area contributed by atoms with Crippen LogP contribution in [0.2, 0.25) is 0 Å².